The van der Waals surface area contributed by atoms with Crippen LogP contribution in [0.3, 0.4) is 0 Å². The molecule has 2 aromatic carbocycles. The highest BCUT2D eigenvalue weighted by Crippen LogP contribution is 2.33. The predicted molar refractivity (Wildman–Crippen MR) is 89.5 cm³/mol. The standard InChI is InChI=1S/C19H21NO2/c1-20-18-9-8-16(22-2)12-15(18)13-19(20)17(10-11-21)14-6-4-3-5-7-14/h3-9,12-13,17,21H,10-11H2,1-2H3. The molecule has 0 bridgehead atoms. The Morgan fingerprint density at radius 3 is 2.55 bits per heavy atom. The van der Waals surface area contributed by atoms with Crippen LogP contribution in [0.1, 0.15) is 23.6 Å². The minimum absolute atomic E-state index is 0.171. The van der Waals surface area contributed by atoms with E-state index >= 15 is 0 Å². The Labute approximate surface area is 130 Å². The van der Waals surface area contributed by atoms with Gasteiger partial charge in [-0.1, -0.05) is 30.3 Å². The summed E-state index contributed by atoms with van der Waals surface area (Å²) in [5, 5.41) is 10.6. The van der Waals surface area contributed by atoms with Gasteiger partial charge in [-0.25, -0.2) is 0 Å². The molecule has 0 aliphatic rings. The molecule has 1 heterocycles. The Morgan fingerprint density at radius 2 is 1.86 bits per heavy atom. The van der Waals surface area contributed by atoms with Gasteiger partial charge in [-0.2, -0.15) is 0 Å². The van der Waals surface area contributed by atoms with Crippen LogP contribution in [0.2, 0.25) is 0 Å². The van der Waals surface area contributed by atoms with Gasteiger partial charge >= 0.3 is 0 Å². The van der Waals surface area contributed by atoms with Gasteiger partial charge in [0.05, 0.1) is 7.11 Å². The van der Waals surface area contributed by atoms with Crippen molar-refractivity contribution >= 4 is 10.9 Å². The van der Waals surface area contributed by atoms with E-state index in [0.29, 0.717) is 6.42 Å². The summed E-state index contributed by atoms with van der Waals surface area (Å²) in [5.41, 5.74) is 3.62. The third-order valence-electron chi connectivity index (χ3n) is 4.26. The summed E-state index contributed by atoms with van der Waals surface area (Å²) >= 11 is 0. The summed E-state index contributed by atoms with van der Waals surface area (Å²) in [6.07, 6.45) is 0.714. The number of methoxy groups -OCH3 is 1. The van der Waals surface area contributed by atoms with Crippen molar-refractivity contribution < 1.29 is 9.84 Å². The van der Waals surface area contributed by atoms with Crippen molar-refractivity contribution in [2.75, 3.05) is 13.7 Å². The van der Waals surface area contributed by atoms with E-state index in [1.165, 1.54) is 16.8 Å². The average Bonchev–Trinajstić information content (AvgIpc) is 2.89. The zero-order valence-electron chi connectivity index (χ0n) is 13.0. The van der Waals surface area contributed by atoms with E-state index in [1.54, 1.807) is 7.11 Å². The molecule has 3 heteroatoms. The smallest absolute Gasteiger partial charge is 0.119 e. The summed E-state index contributed by atoms with van der Waals surface area (Å²) in [7, 11) is 3.76. The zero-order chi connectivity index (χ0) is 15.5. The van der Waals surface area contributed by atoms with Crippen molar-refractivity contribution in [3.63, 3.8) is 0 Å². The van der Waals surface area contributed by atoms with Gasteiger partial charge in [0.2, 0.25) is 0 Å². The molecule has 0 aliphatic heterocycles. The molecule has 0 fully saturated rings. The highest BCUT2D eigenvalue weighted by Gasteiger charge is 2.18. The number of hydrogen-bond acceptors (Lipinski definition) is 2. The zero-order valence-corrected chi connectivity index (χ0v) is 13.0. The van der Waals surface area contributed by atoms with Crippen LogP contribution in [0.5, 0.6) is 5.75 Å². The maximum atomic E-state index is 9.48. The van der Waals surface area contributed by atoms with Crippen LogP contribution < -0.4 is 4.74 Å². The molecule has 22 heavy (non-hydrogen) atoms. The number of aromatic nitrogens is 1. The van der Waals surface area contributed by atoms with E-state index in [1.807, 2.05) is 24.3 Å². The van der Waals surface area contributed by atoms with Crippen molar-refractivity contribution in [3.8, 4) is 5.75 Å². The highest BCUT2D eigenvalue weighted by molar-refractivity contribution is 5.83. The summed E-state index contributed by atoms with van der Waals surface area (Å²) in [6.45, 7) is 0.171. The fourth-order valence-electron chi connectivity index (χ4n) is 3.11. The Balaban J connectivity index is 2.11. The normalized spacial score (nSPS) is 12.5. The molecule has 3 aromatic rings. The lowest BCUT2D eigenvalue weighted by atomic mass is 9.92. The molecule has 1 N–H and O–H groups in total. The molecule has 0 spiro atoms. The van der Waals surface area contributed by atoms with E-state index in [9.17, 15) is 5.11 Å². The van der Waals surface area contributed by atoms with Crippen LogP contribution in [0.25, 0.3) is 10.9 Å². The number of benzene rings is 2. The summed E-state index contributed by atoms with van der Waals surface area (Å²) in [4.78, 5) is 0. The minimum atomic E-state index is 0.171. The van der Waals surface area contributed by atoms with Gasteiger partial charge in [-0.3, -0.25) is 0 Å². The molecule has 3 nitrogen and oxygen atoms in total. The molecular formula is C19H21NO2. The molecule has 1 unspecified atom stereocenters. The Morgan fingerprint density at radius 1 is 1.09 bits per heavy atom. The number of aryl methyl sites for hydroxylation is 1. The van der Waals surface area contributed by atoms with Gasteiger partial charge in [0, 0.05) is 36.2 Å². The van der Waals surface area contributed by atoms with Crippen molar-refractivity contribution in [1.29, 1.82) is 0 Å². The van der Waals surface area contributed by atoms with E-state index in [-0.39, 0.29) is 12.5 Å². The van der Waals surface area contributed by atoms with Gasteiger partial charge in [-0.05, 0) is 36.2 Å². The van der Waals surface area contributed by atoms with E-state index in [2.05, 4.69) is 41.9 Å². The number of ether oxygens (including phenoxy) is 1. The summed E-state index contributed by atoms with van der Waals surface area (Å²) < 4.78 is 7.53. The van der Waals surface area contributed by atoms with Crippen molar-refractivity contribution in [2.45, 2.75) is 12.3 Å². The number of aliphatic hydroxyl groups excluding tert-OH is 1. The summed E-state index contributed by atoms with van der Waals surface area (Å²) in [6, 6.07) is 18.7. The summed E-state index contributed by atoms with van der Waals surface area (Å²) in [5.74, 6) is 1.05. The van der Waals surface area contributed by atoms with E-state index in [4.69, 9.17) is 4.74 Å². The Bertz CT molecular complexity index is 762. The van der Waals surface area contributed by atoms with Crippen molar-refractivity contribution in [3.05, 3.63) is 65.9 Å². The molecule has 0 amide bonds. The number of hydrogen-bond donors (Lipinski definition) is 1. The molecule has 1 atom stereocenters. The van der Waals surface area contributed by atoms with Gasteiger partial charge in [0.25, 0.3) is 0 Å². The minimum Gasteiger partial charge on any atom is -0.497 e. The lowest BCUT2D eigenvalue weighted by Crippen LogP contribution is -2.08. The lowest BCUT2D eigenvalue weighted by Gasteiger charge is -2.17. The molecule has 3 rings (SSSR count). The van der Waals surface area contributed by atoms with Crippen molar-refractivity contribution in [2.24, 2.45) is 7.05 Å². The first-order valence-corrected chi connectivity index (χ1v) is 7.53. The third-order valence-corrected chi connectivity index (χ3v) is 4.26. The SMILES string of the molecule is COc1ccc2c(c1)cc(C(CCO)c1ccccc1)n2C. The fraction of sp³-hybridized carbons (Fsp3) is 0.263. The molecule has 0 saturated heterocycles. The molecule has 114 valence electrons. The second-order valence-electron chi connectivity index (χ2n) is 5.53. The van der Waals surface area contributed by atoms with Gasteiger partial charge in [0.1, 0.15) is 5.75 Å². The Kier molecular flexibility index (Phi) is 4.16. The first-order valence-electron chi connectivity index (χ1n) is 7.53. The predicted octanol–water partition coefficient (Wildman–Crippen LogP) is 3.70. The second-order valence-corrected chi connectivity index (χ2v) is 5.53. The average molecular weight is 295 g/mol. The molecule has 0 aliphatic carbocycles. The highest BCUT2D eigenvalue weighted by atomic mass is 16.5. The van der Waals surface area contributed by atoms with Crippen LogP contribution in [0.15, 0.2) is 54.6 Å². The van der Waals surface area contributed by atoms with Gasteiger partial charge in [0.15, 0.2) is 0 Å². The maximum Gasteiger partial charge on any atom is 0.119 e. The lowest BCUT2D eigenvalue weighted by molar-refractivity contribution is 0.280. The van der Waals surface area contributed by atoms with Crippen LogP contribution in [-0.4, -0.2) is 23.4 Å². The number of fused-ring (bicyclic) bond motifs is 1. The van der Waals surface area contributed by atoms with Gasteiger partial charge < -0.3 is 14.4 Å². The molecule has 0 radical (unpaired) electrons. The number of nitrogens with zero attached hydrogens (tertiary/aromatic N) is 1. The Hall–Kier alpha value is -2.26. The second kappa shape index (κ2) is 6.24. The quantitative estimate of drug-likeness (QED) is 0.779. The first kappa shape index (κ1) is 14.7. The van der Waals surface area contributed by atoms with E-state index < -0.39 is 0 Å². The monoisotopic (exact) mass is 295 g/mol. The van der Waals surface area contributed by atoms with Crippen LogP contribution in [0.4, 0.5) is 0 Å². The first-order chi connectivity index (χ1) is 10.7. The maximum absolute atomic E-state index is 9.48. The van der Waals surface area contributed by atoms with Gasteiger partial charge in [-0.15, -0.1) is 0 Å². The van der Waals surface area contributed by atoms with Crippen LogP contribution in [0, 0.1) is 0 Å². The number of rotatable bonds is 5. The molecule has 0 saturated carbocycles. The van der Waals surface area contributed by atoms with Crippen LogP contribution in [-0.2, 0) is 7.05 Å². The third kappa shape index (κ3) is 2.60. The largest absolute Gasteiger partial charge is 0.497 e. The molecule has 1 aromatic heterocycles. The van der Waals surface area contributed by atoms with Crippen molar-refractivity contribution in [1.82, 2.24) is 4.57 Å². The van der Waals surface area contributed by atoms with E-state index in [0.717, 1.165) is 11.1 Å². The topological polar surface area (TPSA) is 34.4 Å². The van der Waals surface area contributed by atoms with Crippen LogP contribution >= 0.6 is 0 Å². The fourth-order valence-corrected chi connectivity index (χ4v) is 3.11. The molecular weight excluding hydrogens is 274 g/mol. The number of aliphatic hydroxyl groups is 1.